The van der Waals surface area contributed by atoms with E-state index >= 15 is 0 Å². The fraction of sp³-hybridized carbons (Fsp3) is 0.625. The van der Waals surface area contributed by atoms with Crippen LogP contribution in [0.15, 0.2) is 29.2 Å². The lowest BCUT2D eigenvalue weighted by Crippen LogP contribution is -2.17. The van der Waals surface area contributed by atoms with E-state index in [0.29, 0.717) is 17.2 Å². The van der Waals surface area contributed by atoms with Crippen LogP contribution in [-0.2, 0) is 10.0 Å². The molecule has 116 valence electrons. The van der Waals surface area contributed by atoms with Crippen molar-refractivity contribution in [3.05, 3.63) is 24.3 Å². The van der Waals surface area contributed by atoms with Gasteiger partial charge in [0.25, 0.3) is 0 Å². The molecular weight excluding hydrogens is 286 g/mol. The molecule has 4 nitrogen and oxygen atoms in total. The van der Waals surface area contributed by atoms with E-state index < -0.39 is 10.0 Å². The topological polar surface area (TPSA) is 46.4 Å². The molecule has 5 heteroatoms. The Morgan fingerprint density at radius 2 is 1.81 bits per heavy atom. The average molecular weight is 309 g/mol. The molecular formula is C16H23NO3S. The molecule has 2 atom stereocenters. The van der Waals surface area contributed by atoms with E-state index in [-0.39, 0.29) is 6.04 Å². The Hall–Kier alpha value is -1.07. The molecule has 0 radical (unpaired) electrons. The number of rotatable bonds is 5. The normalized spacial score (nSPS) is 26.5. The van der Waals surface area contributed by atoms with E-state index in [0.717, 1.165) is 12.3 Å². The Morgan fingerprint density at radius 1 is 1.14 bits per heavy atom. The number of hydrogen-bond donors (Lipinski definition) is 0. The highest BCUT2D eigenvalue weighted by Crippen LogP contribution is 2.36. The third-order valence-corrected chi connectivity index (χ3v) is 6.59. The summed E-state index contributed by atoms with van der Waals surface area (Å²) >= 11 is 0. The van der Waals surface area contributed by atoms with Gasteiger partial charge in [-0.1, -0.05) is 32.1 Å². The van der Waals surface area contributed by atoms with E-state index in [1.807, 2.05) is 0 Å². The number of benzene rings is 1. The monoisotopic (exact) mass is 309 g/mol. The highest BCUT2D eigenvalue weighted by atomic mass is 32.2. The molecule has 1 saturated heterocycles. The smallest absolute Gasteiger partial charge is 0.243 e. The average Bonchev–Trinajstić information content (AvgIpc) is 3.28. The molecule has 2 fully saturated rings. The molecule has 1 aliphatic carbocycles. The van der Waals surface area contributed by atoms with Gasteiger partial charge in [0, 0.05) is 12.6 Å². The Bertz CT molecular complexity index is 576. The molecule has 1 saturated carbocycles. The van der Waals surface area contributed by atoms with Gasteiger partial charge >= 0.3 is 0 Å². The minimum absolute atomic E-state index is 0.222. The Morgan fingerprint density at radius 3 is 2.43 bits per heavy atom. The van der Waals surface area contributed by atoms with Crippen molar-refractivity contribution in [3.63, 3.8) is 0 Å². The fourth-order valence-corrected chi connectivity index (χ4v) is 4.94. The van der Waals surface area contributed by atoms with Gasteiger partial charge in [-0.2, -0.15) is 4.31 Å². The van der Waals surface area contributed by atoms with Gasteiger partial charge in [0.15, 0.2) is 0 Å². The Labute approximate surface area is 127 Å². The van der Waals surface area contributed by atoms with Crippen molar-refractivity contribution in [2.24, 2.45) is 5.92 Å². The summed E-state index contributed by atoms with van der Waals surface area (Å²) in [6.45, 7) is 0.685. The first-order valence-electron chi connectivity index (χ1n) is 7.77. The fourth-order valence-electron chi connectivity index (χ4n) is 3.34. The van der Waals surface area contributed by atoms with E-state index in [4.69, 9.17) is 4.74 Å². The van der Waals surface area contributed by atoms with Gasteiger partial charge in [-0.15, -0.1) is 0 Å². The first kappa shape index (κ1) is 14.9. The Kier molecular flexibility index (Phi) is 4.22. The van der Waals surface area contributed by atoms with Crippen LogP contribution in [0, 0.1) is 5.92 Å². The third kappa shape index (κ3) is 3.24. The summed E-state index contributed by atoms with van der Waals surface area (Å²) in [5, 5.41) is 0. The minimum atomic E-state index is -3.31. The molecule has 1 aromatic rings. The number of sulfonamides is 1. The van der Waals surface area contributed by atoms with E-state index in [1.54, 1.807) is 35.7 Å². The SMILES string of the molecule is COc1ccc(S(=O)(=O)N2C[C@@H]2CC2CCCCC2)cc1. The predicted molar refractivity (Wildman–Crippen MR) is 81.9 cm³/mol. The standard InChI is InChI=1S/C16H23NO3S/c1-20-15-7-9-16(10-8-15)21(18,19)17-12-14(17)11-13-5-3-2-4-6-13/h7-10,13-14H,2-6,11-12H2,1H3/t14-,17?/m0/s1. The lowest BCUT2D eigenvalue weighted by Gasteiger charge is -2.21. The van der Waals surface area contributed by atoms with Crippen molar-refractivity contribution in [1.82, 2.24) is 4.31 Å². The maximum Gasteiger partial charge on any atom is 0.243 e. The van der Waals surface area contributed by atoms with Crippen LogP contribution in [0.1, 0.15) is 38.5 Å². The molecule has 0 spiro atoms. The summed E-state index contributed by atoms with van der Waals surface area (Å²) in [6, 6.07) is 6.88. The van der Waals surface area contributed by atoms with Crippen LogP contribution in [0.5, 0.6) is 5.75 Å². The van der Waals surface area contributed by atoms with Crippen LogP contribution < -0.4 is 4.74 Å². The zero-order chi connectivity index (χ0) is 14.9. The van der Waals surface area contributed by atoms with Crippen molar-refractivity contribution in [3.8, 4) is 5.75 Å². The molecule has 0 bridgehead atoms. The molecule has 0 amide bonds. The van der Waals surface area contributed by atoms with Gasteiger partial charge in [-0.25, -0.2) is 8.42 Å². The summed E-state index contributed by atoms with van der Waals surface area (Å²) in [4.78, 5) is 0.370. The van der Waals surface area contributed by atoms with Gasteiger partial charge in [0.1, 0.15) is 5.75 Å². The zero-order valence-corrected chi connectivity index (χ0v) is 13.3. The van der Waals surface area contributed by atoms with Gasteiger partial charge < -0.3 is 4.74 Å². The van der Waals surface area contributed by atoms with E-state index in [1.165, 1.54) is 32.1 Å². The van der Waals surface area contributed by atoms with Crippen LogP contribution in [0.2, 0.25) is 0 Å². The quantitative estimate of drug-likeness (QED) is 0.785. The zero-order valence-electron chi connectivity index (χ0n) is 12.5. The lowest BCUT2D eigenvalue weighted by molar-refractivity contribution is 0.331. The molecule has 1 heterocycles. The van der Waals surface area contributed by atoms with Crippen LogP contribution in [-0.4, -0.2) is 32.4 Å². The summed E-state index contributed by atoms with van der Waals surface area (Å²) in [6.07, 6.45) is 7.54. The summed E-state index contributed by atoms with van der Waals surface area (Å²) in [5.74, 6) is 1.40. The first-order chi connectivity index (χ1) is 10.1. The minimum Gasteiger partial charge on any atom is -0.497 e. The number of nitrogens with zero attached hydrogens (tertiary/aromatic N) is 1. The van der Waals surface area contributed by atoms with Crippen LogP contribution in [0.3, 0.4) is 0 Å². The highest BCUT2D eigenvalue weighted by Gasteiger charge is 2.45. The third-order valence-electron chi connectivity index (χ3n) is 4.66. The van der Waals surface area contributed by atoms with Crippen LogP contribution in [0.25, 0.3) is 0 Å². The van der Waals surface area contributed by atoms with Crippen molar-refractivity contribution in [1.29, 1.82) is 0 Å². The molecule has 1 unspecified atom stereocenters. The van der Waals surface area contributed by atoms with E-state index in [9.17, 15) is 8.42 Å². The van der Waals surface area contributed by atoms with E-state index in [2.05, 4.69) is 0 Å². The van der Waals surface area contributed by atoms with Crippen molar-refractivity contribution >= 4 is 10.0 Å². The lowest BCUT2D eigenvalue weighted by atomic mass is 9.86. The van der Waals surface area contributed by atoms with Crippen LogP contribution in [0.4, 0.5) is 0 Å². The molecule has 3 rings (SSSR count). The number of ether oxygens (including phenoxy) is 1. The molecule has 1 aliphatic heterocycles. The maximum atomic E-state index is 12.5. The second kappa shape index (κ2) is 5.97. The van der Waals surface area contributed by atoms with Gasteiger partial charge in [-0.3, -0.25) is 0 Å². The number of hydrogen-bond acceptors (Lipinski definition) is 3. The summed E-state index contributed by atoms with van der Waals surface area (Å²) in [7, 11) is -1.74. The van der Waals surface area contributed by atoms with Crippen molar-refractivity contribution < 1.29 is 13.2 Å². The first-order valence-corrected chi connectivity index (χ1v) is 9.21. The molecule has 0 N–H and O–H groups in total. The summed E-state index contributed by atoms with van der Waals surface area (Å²) in [5.41, 5.74) is 0. The van der Waals surface area contributed by atoms with Crippen molar-refractivity contribution in [2.75, 3.05) is 13.7 Å². The largest absolute Gasteiger partial charge is 0.497 e. The second-order valence-corrected chi connectivity index (χ2v) is 8.03. The molecule has 1 aromatic carbocycles. The van der Waals surface area contributed by atoms with Gasteiger partial charge in [-0.05, 0) is 36.6 Å². The van der Waals surface area contributed by atoms with Gasteiger partial charge in [0.2, 0.25) is 10.0 Å². The second-order valence-electron chi connectivity index (χ2n) is 6.14. The molecule has 2 aliphatic rings. The molecule has 21 heavy (non-hydrogen) atoms. The summed E-state index contributed by atoms with van der Waals surface area (Å²) < 4.78 is 31.8. The maximum absolute atomic E-state index is 12.5. The van der Waals surface area contributed by atoms with Crippen molar-refractivity contribution in [2.45, 2.75) is 49.5 Å². The highest BCUT2D eigenvalue weighted by molar-refractivity contribution is 7.89. The van der Waals surface area contributed by atoms with Crippen LogP contribution >= 0.6 is 0 Å². The molecule has 0 aromatic heterocycles. The Balaban J connectivity index is 1.63. The predicted octanol–water partition coefficient (Wildman–Crippen LogP) is 3.04. The van der Waals surface area contributed by atoms with Gasteiger partial charge in [0.05, 0.1) is 12.0 Å². The number of methoxy groups -OCH3 is 1.